The van der Waals surface area contributed by atoms with Crippen molar-refractivity contribution in [2.45, 2.75) is 9.79 Å². The molecule has 0 bridgehead atoms. The molecule has 0 N–H and O–H groups in total. The molecule has 0 aliphatic carbocycles. The zero-order valence-corrected chi connectivity index (χ0v) is 10.3. The van der Waals surface area contributed by atoms with E-state index in [-0.39, 0.29) is 6.54 Å². The Morgan fingerprint density at radius 3 is 2.00 bits per heavy atom. The number of carboxylic acids is 1. The number of aliphatic carboxylic acids is 1. The summed E-state index contributed by atoms with van der Waals surface area (Å²) in [6, 6.07) is 15.6. The van der Waals surface area contributed by atoms with Gasteiger partial charge in [-0.3, -0.25) is 0 Å². The molecule has 3 rings (SSSR count). The molecule has 1 aliphatic heterocycles. The summed E-state index contributed by atoms with van der Waals surface area (Å²) in [6.45, 7) is -0.130. The molecule has 18 heavy (non-hydrogen) atoms. The van der Waals surface area contributed by atoms with Gasteiger partial charge in [-0.1, -0.05) is 36.0 Å². The smallest absolute Gasteiger partial charge is 0.0628 e. The summed E-state index contributed by atoms with van der Waals surface area (Å²) in [7, 11) is 0. The normalized spacial score (nSPS) is 12.8. The number of hydrogen-bond acceptors (Lipinski definition) is 4. The highest BCUT2D eigenvalue weighted by Gasteiger charge is 2.22. The molecule has 2 aromatic rings. The molecule has 1 aliphatic rings. The molecular formula is C14H10NO2S-. The number of fused-ring (bicyclic) bond motifs is 2. The molecular weight excluding hydrogens is 246 g/mol. The van der Waals surface area contributed by atoms with E-state index in [0.717, 1.165) is 21.2 Å². The lowest BCUT2D eigenvalue weighted by molar-refractivity contribution is -0.303. The highest BCUT2D eigenvalue weighted by Crippen LogP contribution is 2.47. The monoisotopic (exact) mass is 256 g/mol. The van der Waals surface area contributed by atoms with E-state index in [9.17, 15) is 9.90 Å². The lowest BCUT2D eigenvalue weighted by Gasteiger charge is -2.32. The van der Waals surface area contributed by atoms with E-state index in [1.807, 2.05) is 48.5 Å². The maximum atomic E-state index is 10.9. The predicted octanol–water partition coefficient (Wildman–Crippen LogP) is 2.04. The van der Waals surface area contributed by atoms with E-state index in [1.165, 1.54) is 0 Å². The molecule has 0 spiro atoms. The third-order valence-corrected chi connectivity index (χ3v) is 3.95. The fraction of sp³-hybridized carbons (Fsp3) is 0.0714. The number of nitrogens with zero attached hydrogens (tertiary/aromatic N) is 1. The molecule has 0 fully saturated rings. The van der Waals surface area contributed by atoms with Crippen molar-refractivity contribution in [1.29, 1.82) is 0 Å². The quantitative estimate of drug-likeness (QED) is 0.824. The predicted molar refractivity (Wildman–Crippen MR) is 69.0 cm³/mol. The Balaban J connectivity index is 2.14. The van der Waals surface area contributed by atoms with Gasteiger partial charge in [0.2, 0.25) is 0 Å². The van der Waals surface area contributed by atoms with Crippen LogP contribution in [0.2, 0.25) is 0 Å². The van der Waals surface area contributed by atoms with Crippen LogP contribution >= 0.6 is 11.8 Å². The highest BCUT2D eigenvalue weighted by atomic mass is 32.2. The lowest BCUT2D eigenvalue weighted by Crippen LogP contribution is -2.36. The van der Waals surface area contributed by atoms with E-state index in [4.69, 9.17) is 0 Å². The summed E-state index contributed by atoms with van der Waals surface area (Å²) >= 11 is 1.66. The minimum Gasteiger partial charge on any atom is -0.548 e. The summed E-state index contributed by atoms with van der Waals surface area (Å²) in [5.41, 5.74) is 1.84. The second-order valence-corrected chi connectivity index (χ2v) is 5.08. The number of carbonyl (C=O) groups excluding carboxylic acids is 1. The van der Waals surface area contributed by atoms with Crippen molar-refractivity contribution in [3.8, 4) is 0 Å². The molecule has 4 heteroatoms. The maximum Gasteiger partial charge on any atom is 0.0628 e. The van der Waals surface area contributed by atoms with E-state index < -0.39 is 5.97 Å². The average molecular weight is 256 g/mol. The molecule has 0 radical (unpaired) electrons. The van der Waals surface area contributed by atoms with Gasteiger partial charge in [-0.05, 0) is 24.3 Å². The van der Waals surface area contributed by atoms with Gasteiger partial charge >= 0.3 is 0 Å². The summed E-state index contributed by atoms with van der Waals surface area (Å²) in [5.74, 6) is -1.08. The van der Waals surface area contributed by atoms with Gasteiger partial charge in [-0.2, -0.15) is 0 Å². The number of carbonyl (C=O) groups is 1. The van der Waals surface area contributed by atoms with Crippen LogP contribution < -0.4 is 10.0 Å². The fourth-order valence-electron chi connectivity index (χ4n) is 2.08. The van der Waals surface area contributed by atoms with Gasteiger partial charge in [-0.15, -0.1) is 0 Å². The fourth-order valence-corrected chi connectivity index (χ4v) is 3.18. The summed E-state index contributed by atoms with van der Waals surface area (Å²) in [5, 5.41) is 10.9. The Morgan fingerprint density at radius 1 is 1.00 bits per heavy atom. The first-order valence-electron chi connectivity index (χ1n) is 5.59. The number of rotatable bonds is 2. The van der Waals surface area contributed by atoms with Crippen molar-refractivity contribution >= 4 is 29.1 Å². The zero-order chi connectivity index (χ0) is 12.5. The SMILES string of the molecule is O=C([O-])CN1c2ccccc2Sc2ccccc21. The third kappa shape index (κ3) is 1.84. The van der Waals surface area contributed by atoms with E-state index in [1.54, 1.807) is 16.7 Å². The van der Waals surface area contributed by atoms with Crippen molar-refractivity contribution in [2.24, 2.45) is 0 Å². The molecule has 0 amide bonds. The highest BCUT2D eigenvalue weighted by molar-refractivity contribution is 7.99. The molecule has 3 nitrogen and oxygen atoms in total. The second kappa shape index (κ2) is 4.38. The number of para-hydroxylation sites is 2. The molecule has 2 aromatic carbocycles. The summed E-state index contributed by atoms with van der Waals surface area (Å²) in [4.78, 5) is 14.8. The van der Waals surface area contributed by atoms with Crippen LogP contribution in [-0.4, -0.2) is 12.5 Å². The van der Waals surface area contributed by atoms with Crippen molar-refractivity contribution in [3.05, 3.63) is 48.5 Å². The summed E-state index contributed by atoms with van der Waals surface area (Å²) < 4.78 is 0. The third-order valence-electron chi connectivity index (χ3n) is 2.82. The molecule has 0 unspecified atom stereocenters. The lowest BCUT2D eigenvalue weighted by atomic mass is 10.2. The Hall–Kier alpha value is -1.94. The van der Waals surface area contributed by atoms with Gasteiger partial charge in [0, 0.05) is 9.79 Å². The molecule has 1 heterocycles. The van der Waals surface area contributed by atoms with Crippen LogP contribution in [0.4, 0.5) is 11.4 Å². The van der Waals surface area contributed by atoms with Crippen molar-refractivity contribution in [2.75, 3.05) is 11.4 Å². The van der Waals surface area contributed by atoms with E-state index in [0.29, 0.717) is 0 Å². The second-order valence-electron chi connectivity index (χ2n) is 4.00. The van der Waals surface area contributed by atoms with Crippen LogP contribution in [0.15, 0.2) is 58.3 Å². The Bertz CT molecular complexity index is 567. The van der Waals surface area contributed by atoms with Crippen LogP contribution in [0.25, 0.3) is 0 Å². The standard InChI is InChI=1S/C14H11NO2S/c16-14(17)9-15-10-5-1-3-7-12(10)18-13-8-4-2-6-11(13)15/h1-8H,9H2,(H,16,17)/p-1. The van der Waals surface area contributed by atoms with Crippen LogP contribution in [0, 0.1) is 0 Å². The van der Waals surface area contributed by atoms with Gasteiger partial charge < -0.3 is 14.8 Å². The Kier molecular flexibility index (Phi) is 2.72. The zero-order valence-electron chi connectivity index (χ0n) is 9.50. The van der Waals surface area contributed by atoms with E-state index in [2.05, 4.69) is 0 Å². The van der Waals surface area contributed by atoms with Gasteiger partial charge in [-0.25, -0.2) is 0 Å². The minimum atomic E-state index is -1.08. The van der Waals surface area contributed by atoms with Gasteiger partial charge in [0.25, 0.3) is 0 Å². The van der Waals surface area contributed by atoms with Crippen LogP contribution in [0.5, 0.6) is 0 Å². The van der Waals surface area contributed by atoms with Crippen LogP contribution in [0.3, 0.4) is 0 Å². The molecule has 0 saturated heterocycles. The number of carboxylic acid groups (broad SMARTS) is 1. The van der Waals surface area contributed by atoms with Gasteiger partial charge in [0.1, 0.15) is 0 Å². The minimum absolute atomic E-state index is 0.130. The molecule has 90 valence electrons. The number of anilines is 2. The molecule has 0 aromatic heterocycles. The van der Waals surface area contributed by atoms with Crippen LogP contribution in [0.1, 0.15) is 0 Å². The largest absolute Gasteiger partial charge is 0.548 e. The summed E-state index contributed by atoms with van der Waals surface area (Å²) in [6.07, 6.45) is 0. The first-order valence-corrected chi connectivity index (χ1v) is 6.40. The van der Waals surface area contributed by atoms with Crippen molar-refractivity contribution in [3.63, 3.8) is 0 Å². The van der Waals surface area contributed by atoms with Crippen molar-refractivity contribution < 1.29 is 9.90 Å². The van der Waals surface area contributed by atoms with Crippen molar-refractivity contribution in [1.82, 2.24) is 0 Å². The van der Waals surface area contributed by atoms with Gasteiger partial charge in [0.15, 0.2) is 0 Å². The maximum absolute atomic E-state index is 10.9. The van der Waals surface area contributed by atoms with Gasteiger partial charge in [0.05, 0.1) is 23.9 Å². The number of benzene rings is 2. The Labute approximate surface area is 109 Å². The topological polar surface area (TPSA) is 43.4 Å². The van der Waals surface area contributed by atoms with E-state index >= 15 is 0 Å². The van der Waals surface area contributed by atoms with Crippen LogP contribution in [-0.2, 0) is 4.79 Å². The average Bonchev–Trinajstić information content (AvgIpc) is 2.38. The number of hydrogen-bond donors (Lipinski definition) is 0. The molecule has 0 atom stereocenters. The first kappa shape index (κ1) is 11.2. The molecule has 0 saturated carbocycles. The Morgan fingerprint density at radius 2 is 1.50 bits per heavy atom. The first-order chi connectivity index (χ1) is 8.75.